The minimum absolute atomic E-state index is 0.143. The van der Waals surface area contributed by atoms with Crippen LogP contribution in [0.2, 0.25) is 4.34 Å². The molecular weight excluding hydrogens is 354 g/mol. The third-order valence-corrected chi connectivity index (χ3v) is 5.85. The molecule has 0 aliphatic heterocycles. The molecule has 0 bridgehead atoms. The van der Waals surface area contributed by atoms with Gasteiger partial charge in [-0.25, -0.2) is 9.98 Å². The first-order chi connectivity index (χ1) is 11.8. The van der Waals surface area contributed by atoms with Crippen LogP contribution in [0.25, 0.3) is 0 Å². The molecule has 0 amide bonds. The number of hydrogen-bond acceptors (Lipinski definition) is 4. The first kappa shape index (κ1) is 18.2. The molecule has 0 saturated heterocycles. The quantitative estimate of drug-likeness (QED) is 0.466. The highest BCUT2D eigenvalue weighted by Crippen LogP contribution is 2.52. The van der Waals surface area contributed by atoms with Gasteiger partial charge in [-0.2, -0.15) is 0 Å². The number of ether oxygens (including phenoxy) is 1. The van der Waals surface area contributed by atoms with Crippen LogP contribution in [0.5, 0.6) is 10.9 Å². The lowest BCUT2D eigenvalue weighted by Gasteiger charge is -2.11. The lowest BCUT2D eigenvalue weighted by atomic mass is 10.1. The van der Waals surface area contributed by atoms with Gasteiger partial charge >= 0.3 is 0 Å². The van der Waals surface area contributed by atoms with Crippen molar-refractivity contribution in [1.82, 2.24) is 9.88 Å². The standard InChI is InChI=1S/C19H24ClN3OS/c1-6-23(5)11-21-14-9-13(3)15(10-12(14)2)24-18-22-16(17(20)25-18)19(4)7-8-19/h9-11H,6-8H2,1-5H3/b21-11-. The fraction of sp³-hybridized carbons (Fsp3) is 0.474. The molecule has 1 saturated carbocycles. The number of halogens is 1. The summed E-state index contributed by atoms with van der Waals surface area (Å²) in [5.41, 5.74) is 4.17. The molecule has 1 aromatic carbocycles. The Bertz CT molecular complexity index is 811. The molecule has 2 aromatic rings. The molecule has 1 aliphatic carbocycles. The van der Waals surface area contributed by atoms with E-state index in [1.807, 2.05) is 44.3 Å². The van der Waals surface area contributed by atoms with Crippen molar-refractivity contribution in [2.24, 2.45) is 4.99 Å². The van der Waals surface area contributed by atoms with Crippen molar-refractivity contribution >= 4 is 35.0 Å². The Hall–Kier alpha value is -1.59. The maximum atomic E-state index is 6.37. The van der Waals surface area contributed by atoms with E-state index < -0.39 is 0 Å². The summed E-state index contributed by atoms with van der Waals surface area (Å²) < 4.78 is 6.78. The zero-order valence-electron chi connectivity index (χ0n) is 15.4. The minimum atomic E-state index is 0.143. The summed E-state index contributed by atoms with van der Waals surface area (Å²) in [6.07, 6.45) is 4.14. The zero-order valence-corrected chi connectivity index (χ0v) is 17.0. The molecule has 0 N–H and O–H groups in total. The molecule has 1 heterocycles. The number of aliphatic imine (C=N–C) groups is 1. The van der Waals surface area contributed by atoms with Crippen molar-refractivity contribution < 1.29 is 4.74 Å². The van der Waals surface area contributed by atoms with Crippen LogP contribution in [0.15, 0.2) is 17.1 Å². The lowest BCUT2D eigenvalue weighted by Crippen LogP contribution is -2.14. The monoisotopic (exact) mass is 377 g/mol. The van der Waals surface area contributed by atoms with Crippen LogP contribution in [0, 0.1) is 13.8 Å². The van der Waals surface area contributed by atoms with E-state index in [2.05, 4.69) is 23.8 Å². The van der Waals surface area contributed by atoms with E-state index in [9.17, 15) is 0 Å². The fourth-order valence-corrected chi connectivity index (χ4v) is 3.76. The lowest BCUT2D eigenvalue weighted by molar-refractivity contribution is 0.471. The highest BCUT2D eigenvalue weighted by atomic mass is 35.5. The second-order valence-electron chi connectivity index (χ2n) is 6.99. The van der Waals surface area contributed by atoms with E-state index >= 15 is 0 Å². The summed E-state index contributed by atoms with van der Waals surface area (Å²) in [4.78, 5) is 11.2. The van der Waals surface area contributed by atoms with Crippen LogP contribution in [-0.4, -0.2) is 29.8 Å². The van der Waals surface area contributed by atoms with Crippen molar-refractivity contribution in [3.05, 3.63) is 33.3 Å². The second-order valence-corrected chi connectivity index (χ2v) is 8.55. The molecule has 4 nitrogen and oxygen atoms in total. The van der Waals surface area contributed by atoms with Gasteiger partial charge in [-0.15, -0.1) is 0 Å². The molecular formula is C19H24ClN3OS. The van der Waals surface area contributed by atoms with Crippen LogP contribution in [0.4, 0.5) is 5.69 Å². The Morgan fingerprint density at radius 2 is 2.08 bits per heavy atom. The van der Waals surface area contributed by atoms with Crippen molar-refractivity contribution in [2.75, 3.05) is 13.6 Å². The largest absolute Gasteiger partial charge is 0.431 e. The SMILES string of the molecule is CCN(C)/C=N\c1cc(C)c(Oc2nc(C3(C)CC3)c(Cl)s2)cc1C. The molecule has 1 aliphatic rings. The highest BCUT2D eigenvalue weighted by molar-refractivity contribution is 7.17. The molecule has 25 heavy (non-hydrogen) atoms. The second kappa shape index (κ2) is 6.96. The summed E-state index contributed by atoms with van der Waals surface area (Å²) in [5, 5.41) is 0.609. The Morgan fingerprint density at radius 1 is 1.36 bits per heavy atom. The molecule has 3 rings (SSSR count). The van der Waals surface area contributed by atoms with Crippen LogP contribution in [0.3, 0.4) is 0 Å². The minimum Gasteiger partial charge on any atom is -0.431 e. The third kappa shape index (κ3) is 3.98. The van der Waals surface area contributed by atoms with Gasteiger partial charge < -0.3 is 9.64 Å². The summed E-state index contributed by atoms with van der Waals surface area (Å²) in [7, 11) is 2.01. The smallest absolute Gasteiger partial charge is 0.280 e. The topological polar surface area (TPSA) is 37.7 Å². The van der Waals surface area contributed by atoms with Crippen molar-refractivity contribution in [3.63, 3.8) is 0 Å². The summed E-state index contributed by atoms with van der Waals surface area (Å²) in [5.74, 6) is 0.804. The van der Waals surface area contributed by atoms with Gasteiger partial charge in [-0.1, -0.05) is 29.9 Å². The predicted octanol–water partition coefficient (Wildman–Crippen LogP) is 5.87. The van der Waals surface area contributed by atoms with Gasteiger partial charge in [-0.3, -0.25) is 0 Å². The van der Waals surface area contributed by atoms with E-state index in [0.717, 1.165) is 52.0 Å². The maximum Gasteiger partial charge on any atom is 0.280 e. The fourth-order valence-electron chi connectivity index (χ4n) is 2.48. The van der Waals surface area contributed by atoms with E-state index in [0.29, 0.717) is 5.19 Å². The summed E-state index contributed by atoms with van der Waals surface area (Å²) in [6.45, 7) is 9.28. The first-order valence-electron chi connectivity index (χ1n) is 8.53. The zero-order chi connectivity index (χ0) is 18.2. The predicted molar refractivity (Wildman–Crippen MR) is 106 cm³/mol. The van der Waals surface area contributed by atoms with Crippen LogP contribution < -0.4 is 4.74 Å². The number of thiazole rings is 1. The molecule has 1 fully saturated rings. The van der Waals surface area contributed by atoms with Gasteiger partial charge in [-0.05, 0) is 56.9 Å². The van der Waals surface area contributed by atoms with Crippen molar-refractivity contribution in [1.29, 1.82) is 0 Å². The average Bonchev–Trinajstić information content (AvgIpc) is 3.20. The van der Waals surface area contributed by atoms with Gasteiger partial charge in [0.15, 0.2) is 0 Å². The van der Waals surface area contributed by atoms with Gasteiger partial charge in [0.25, 0.3) is 5.19 Å². The Balaban J connectivity index is 1.82. The van der Waals surface area contributed by atoms with Crippen molar-refractivity contribution in [3.8, 4) is 10.9 Å². The van der Waals surface area contributed by atoms with Crippen LogP contribution in [0.1, 0.15) is 43.5 Å². The van der Waals surface area contributed by atoms with E-state index in [1.54, 1.807) is 0 Å². The number of rotatable bonds is 6. The molecule has 0 atom stereocenters. The van der Waals surface area contributed by atoms with Gasteiger partial charge in [0.1, 0.15) is 10.1 Å². The number of aryl methyl sites for hydroxylation is 2. The van der Waals surface area contributed by atoms with Gasteiger partial charge in [0.05, 0.1) is 17.7 Å². The maximum absolute atomic E-state index is 6.37. The highest BCUT2D eigenvalue weighted by Gasteiger charge is 2.43. The number of hydrogen-bond donors (Lipinski definition) is 0. The molecule has 134 valence electrons. The van der Waals surface area contributed by atoms with E-state index in [4.69, 9.17) is 16.3 Å². The Kier molecular flexibility index (Phi) is 5.07. The molecule has 1 aromatic heterocycles. The van der Waals surface area contributed by atoms with Crippen LogP contribution >= 0.6 is 22.9 Å². The summed E-state index contributed by atoms with van der Waals surface area (Å²) in [6, 6.07) is 4.06. The first-order valence-corrected chi connectivity index (χ1v) is 9.72. The Labute approximate surface area is 158 Å². The average molecular weight is 378 g/mol. The normalized spacial score (nSPS) is 15.6. The molecule has 0 unspecified atom stereocenters. The van der Waals surface area contributed by atoms with Gasteiger partial charge in [0.2, 0.25) is 0 Å². The van der Waals surface area contributed by atoms with Crippen LogP contribution in [-0.2, 0) is 5.41 Å². The number of benzene rings is 1. The van der Waals surface area contributed by atoms with E-state index in [-0.39, 0.29) is 5.41 Å². The van der Waals surface area contributed by atoms with Crippen molar-refractivity contribution in [2.45, 2.75) is 46.0 Å². The molecule has 0 radical (unpaired) electrons. The van der Waals surface area contributed by atoms with Gasteiger partial charge in [0, 0.05) is 19.0 Å². The molecule has 6 heteroatoms. The third-order valence-electron chi connectivity index (χ3n) is 4.72. The van der Waals surface area contributed by atoms with E-state index in [1.165, 1.54) is 11.3 Å². The number of nitrogens with zero attached hydrogens (tertiary/aromatic N) is 3. The molecule has 0 spiro atoms. The summed E-state index contributed by atoms with van der Waals surface area (Å²) >= 11 is 7.78. The number of aromatic nitrogens is 1. The Morgan fingerprint density at radius 3 is 2.72 bits per heavy atom.